The molecule has 2 unspecified atom stereocenters. The van der Waals surface area contributed by atoms with Crippen molar-refractivity contribution in [1.82, 2.24) is 74.9 Å². The van der Waals surface area contributed by atoms with E-state index < -0.39 is 142 Å². The number of aliphatic imine (C=N–C) groups is 4. The van der Waals surface area contributed by atoms with Gasteiger partial charge in [-0.25, -0.2) is 83.8 Å². The Kier molecular flexibility index (Phi) is 30.7. The number of hydrogen-bond donors (Lipinski definition) is 3. The van der Waals surface area contributed by atoms with Gasteiger partial charge in [0.25, 0.3) is 12.3 Å². The number of nitrogens with zero attached hydrogens (tertiary/aromatic N) is 18. The van der Waals surface area contributed by atoms with Crippen LogP contribution in [0.15, 0.2) is 196 Å². The number of alkyl halides is 4. The van der Waals surface area contributed by atoms with E-state index in [1.165, 1.54) is 67.9 Å². The summed E-state index contributed by atoms with van der Waals surface area (Å²) in [5, 5.41) is 14.8. The van der Waals surface area contributed by atoms with Crippen LogP contribution < -0.4 is 15.7 Å². The number of nitrogens with two attached hydrogens (primary N) is 1. The second-order valence-corrected chi connectivity index (χ2v) is 36.0. The van der Waals surface area contributed by atoms with Crippen molar-refractivity contribution in [3.05, 3.63) is 330 Å². The van der Waals surface area contributed by atoms with Crippen molar-refractivity contribution < 1.29 is 86.2 Å². The maximum absolute atomic E-state index is 15.0. The third-order valence-corrected chi connectivity index (χ3v) is 23.0. The molecule has 4 aromatic carbocycles. The molecule has 4 aliphatic heterocycles. The van der Waals surface area contributed by atoms with Gasteiger partial charge in [-0.1, -0.05) is 0 Å². The van der Waals surface area contributed by atoms with Crippen LogP contribution >= 0.6 is 15.9 Å². The number of benzene rings is 4. The third kappa shape index (κ3) is 25.3. The lowest BCUT2D eigenvalue weighted by Crippen LogP contribution is -2.35. The Labute approximate surface area is 796 Å². The number of nitrogens with one attached hydrogen (secondary N) is 1. The molecule has 41 heteroatoms. The van der Waals surface area contributed by atoms with Gasteiger partial charge in [-0.15, -0.1) is 0 Å². The summed E-state index contributed by atoms with van der Waals surface area (Å²) in [5.41, 5.74) is 18.2. The first kappa shape index (κ1) is 99.0. The number of rotatable bonds is 25. The SMILES string of the molecule is CC(C)(C)OC(=O)C[C@@H](Cc1cc(F)cc(F)c1)c1ncncc1-c1cnc2c(c1)C=NC2.CC(C)(C)OC(=O)C[C@@H](Cc1cc(F)cc(F)c1)c1ncncc1Br.N[C@@H](Cc1cc(F)cc(F)c1)c1ncncc1-c1cnc2c(c1)C=NC2.O=C(Cn1nc(C(F)F)c2c1C(F)(F)C1CC21)N[C@@H](Cc1cc(F)cc(F)c1)c1ncncc1-c1cnc2c(c1)C=NC2.O[B]Oc1cnc2c(c1)C=NC2. The Morgan fingerprint density at radius 2 is 0.856 bits per heavy atom. The van der Waals surface area contributed by atoms with E-state index in [0.29, 0.717) is 105 Å². The van der Waals surface area contributed by atoms with E-state index in [1.807, 2.05) is 18.2 Å². The predicted octanol–water partition coefficient (Wildman–Crippen LogP) is 17.5. The third-order valence-electron chi connectivity index (χ3n) is 22.4. The fourth-order valence-corrected chi connectivity index (χ4v) is 17.2. The molecule has 1 radical (unpaired) electrons. The molecule has 139 heavy (non-hydrogen) atoms. The number of aromatic nitrogens is 14. The summed E-state index contributed by atoms with van der Waals surface area (Å²) in [4.78, 5) is 106. The minimum atomic E-state index is -3.40. The second-order valence-electron chi connectivity index (χ2n) is 35.1. The zero-order valence-electron chi connectivity index (χ0n) is 75.0. The number of halogens is 13. The molecule has 4 N–H and O–H groups in total. The Morgan fingerprint density at radius 3 is 1.28 bits per heavy atom. The molecule has 1 fully saturated rings. The fraction of sp³-hybridized carbons (Fsp3) is 0.286. The van der Waals surface area contributed by atoms with Crippen LogP contribution in [-0.4, -0.2) is 136 Å². The van der Waals surface area contributed by atoms with Crippen LogP contribution in [0.1, 0.15) is 204 Å². The van der Waals surface area contributed by atoms with Crippen LogP contribution in [0.25, 0.3) is 33.4 Å². The molecular formula is C98H85BBrF12N20O7. The Bertz CT molecular complexity index is 6830. The maximum atomic E-state index is 15.0. The lowest BCUT2D eigenvalue weighted by molar-refractivity contribution is -0.156. The minimum Gasteiger partial charge on any atom is -0.536 e. The van der Waals surface area contributed by atoms with Gasteiger partial charge in [0.05, 0.1) is 107 Å². The first-order valence-electron chi connectivity index (χ1n) is 43.4. The molecular weight excluding hydrogens is 1890 g/mol. The normalized spacial score (nSPS) is 15.3. The molecule has 6 atom stereocenters. The molecule has 713 valence electrons. The van der Waals surface area contributed by atoms with Crippen LogP contribution in [-0.2, 0) is 88.2 Å². The summed E-state index contributed by atoms with van der Waals surface area (Å²) in [6.45, 7) is 12.1. The molecule has 9 aromatic heterocycles. The zero-order chi connectivity index (χ0) is 98.7. The number of esters is 2. The molecule has 6 aliphatic rings. The predicted molar refractivity (Wildman–Crippen MR) is 490 cm³/mol. The topological polar surface area (TPSA) is 359 Å². The molecule has 0 saturated heterocycles. The van der Waals surface area contributed by atoms with Crippen molar-refractivity contribution in [2.45, 2.75) is 173 Å². The Morgan fingerprint density at radius 1 is 0.482 bits per heavy atom. The molecule has 0 spiro atoms. The highest BCUT2D eigenvalue weighted by Crippen LogP contribution is 2.68. The van der Waals surface area contributed by atoms with Gasteiger partial charge in [-0.3, -0.25) is 59.0 Å². The number of pyridine rings is 4. The second kappa shape index (κ2) is 43.1. The van der Waals surface area contributed by atoms with Crippen molar-refractivity contribution in [3.63, 3.8) is 0 Å². The highest BCUT2D eigenvalue weighted by atomic mass is 79.9. The number of fused-ring (bicyclic) bond motifs is 7. The lowest BCUT2D eigenvalue weighted by Gasteiger charge is -2.23. The number of ether oxygens (including phenoxy) is 2. The highest BCUT2D eigenvalue weighted by Gasteiger charge is 2.67. The van der Waals surface area contributed by atoms with Crippen molar-refractivity contribution >= 4 is 66.3 Å². The summed E-state index contributed by atoms with van der Waals surface area (Å²) >= 11 is 3.37. The van der Waals surface area contributed by atoms with E-state index in [1.54, 1.807) is 116 Å². The van der Waals surface area contributed by atoms with Crippen LogP contribution in [0.5, 0.6) is 5.75 Å². The van der Waals surface area contributed by atoms with E-state index in [0.717, 1.165) is 92.1 Å². The molecule has 1 saturated carbocycles. The molecule has 13 aromatic rings. The van der Waals surface area contributed by atoms with Gasteiger partial charge in [-0.05, 0) is 191 Å². The van der Waals surface area contributed by atoms with Gasteiger partial charge < -0.3 is 30.2 Å². The maximum Gasteiger partial charge on any atom is 0.569 e. The Hall–Kier alpha value is -14.5. The number of amides is 1. The summed E-state index contributed by atoms with van der Waals surface area (Å²) in [5.74, 6) is -12.8. The van der Waals surface area contributed by atoms with Crippen LogP contribution in [0.3, 0.4) is 0 Å². The first-order valence-corrected chi connectivity index (χ1v) is 44.2. The summed E-state index contributed by atoms with van der Waals surface area (Å²) in [6, 6.07) is 18.9. The van der Waals surface area contributed by atoms with Gasteiger partial charge in [-0.2, -0.15) is 13.9 Å². The van der Waals surface area contributed by atoms with Gasteiger partial charge in [0.2, 0.25) is 5.91 Å². The van der Waals surface area contributed by atoms with Crippen molar-refractivity contribution in [3.8, 4) is 39.1 Å². The van der Waals surface area contributed by atoms with Crippen LogP contribution in [0.2, 0.25) is 0 Å². The number of carbonyl (C=O) groups is 3. The average Bonchev–Trinajstić information content (AvgIpc) is 1.52. The molecule has 27 nitrogen and oxygen atoms in total. The first-order chi connectivity index (χ1) is 66.4. The van der Waals surface area contributed by atoms with Gasteiger partial charge in [0.1, 0.15) is 107 Å². The summed E-state index contributed by atoms with van der Waals surface area (Å²) < 4.78 is 184. The smallest absolute Gasteiger partial charge is 0.536 e. The van der Waals surface area contributed by atoms with E-state index in [2.05, 4.69) is 106 Å². The summed E-state index contributed by atoms with van der Waals surface area (Å²) in [6.07, 6.45) is 22.9. The van der Waals surface area contributed by atoms with Gasteiger partial charge in [0, 0.05) is 171 Å². The largest absolute Gasteiger partial charge is 0.569 e. The molecule has 1 amide bonds. The van der Waals surface area contributed by atoms with Crippen molar-refractivity contribution in [2.75, 3.05) is 0 Å². The monoisotopic (exact) mass is 1970 g/mol. The molecule has 19 rings (SSSR count). The van der Waals surface area contributed by atoms with Crippen molar-refractivity contribution in [1.29, 1.82) is 0 Å². The summed E-state index contributed by atoms with van der Waals surface area (Å²) in [7, 11) is 0.634. The zero-order valence-corrected chi connectivity index (χ0v) is 76.6. The van der Waals surface area contributed by atoms with Crippen molar-refractivity contribution in [2.24, 2.45) is 31.6 Å². The fourth-order valence-electron chi connectivity index (χ4n) is 16.6. The van der Waals surface area contributed by atoms with E-state index in [4.69, 9.17) is 24.9 Å². The molecule has 2 aliphatic carbocycles. The molecule has 0 bridgehead atoms. The van der Waals surface area contributed by atoms with E-state index in [9.17, 15) is 58.3 Å². The van der Waals surface area contributed by atoms with Crippen LogP contribution in [0.4, 0.5) is 52.7 Å². The Balaban J connectivity index is 0.000000137. The van der Waals surface area contributed by atoms with E-state index in [-0.39, 0.29) is 61.8 Å². The standard InChI is InChI=1S/C29H21F6N7O.C25H24F2N4O2.C19H15F2N5.C18H19BrF2N2O2.C7H6BN2O2/c30-16-1-13(2-17(31)5-16)3-21(25-19(9-37-12-39-25)14-4-15-7-36-10-22(15)38-8-14)40-23(43)11-42-27-24(26(41-42)28(32)33)18-6-20(18)29(27,34)35;1-25(2,3)33-23(32)8-16(4-15-5-19(26)9-20(27)6-15)24-21(12-29-14-31-24)17-7-18-10-28-13-22(18)30-11-17;20-14-1-11(2-15(21)5-14)3-17(22)19-16(8-24-10-26-19)12-4-13-6-23-9-18(13)25-7-12;1-18(2,3)25-16(24)7-12(17-15(19)9-22-10-23-17)4-11-5-13(20)8-14(21)6-11;11-8-12-6-1-5-2-9-4-7(5)10-3-6/h1-2,4-5,7-9,12,18,20-21,28H,3,6,10-11H2,(H,40,43);5-7,9-12,14,16H,4,8,13H2,1-3H3;1-2,4-8,10,17H,3,9,22H2;5-6,8-10,12H,4,7H2,1-3H3;1-3,11H,4H2/t18?,20?,21-;16-;17-;12-;/m0101./s1. The lowest BCUT2D eigenvalue weighted by atomic mass is 9.88. The number of hydrogen-bond acceptors (Lipinski definition) is 25. The van der Waals surface area contributed by atoms with Gasteiger partial charge in [0.15, 0.2) is 0 Å². The number of carbonyl (C=O) groups excluding carboxylic acids is 3. The van der Waals surface area contributed by atoms with Crippen LogP contribution in [0, 0.1) is 52.5 Å². The van der Waals surface area contributed by atoms with Gasteiger partial charge >= 0.3 is 19.6 Å². The average molecular weight is 1970 g/mol. The quantitative estimate of drug-likeness (QED) is 0.0272. The highest BCUT2D eigenvalue weighted by molar-refractivity contribution is 9.10. The van der Waals surface area contributed by atoms with E-state index >= 15 is 8.78 Å². The minimum absolute atomic E-state index is 0.0146. The molecule has 13 heterocycles.